The highest BCUT2D eigenvalue weighted by Gasteiger charge is 2.24. The van der Waals surface area contributed by atoms with E-state index in [1.54, 1.807) is 6.92 Å². The predicted molar refractivity (Wildman–Crippen MR) is 85.1 cm³/mol. The van der Waals surface area contributed by atoms with Crippen LogP contribution in [0.2, 0.25) is 0 Å². The third-order valence-corrected chi connectivity index (χ3v) is 3.52. The number of carbonyl (C=O) groups is 1. The van der Waals surface area contributed by atoms with Crippen LogP contribution >= 0.6 is 0 Å². The summed E-state index contributed by atoms with van der Waals surface area (Å²) in [5, 5.41) is 24.2. The summed E-state index contributed by atoms with van der Waals surface area (Å²) in [6, 6.07) is 0. The third kappa shape index (κ3) is 2.94. The Morgan fingerprint density at radius 1 is 1.33 bits per heavy atom. The SMILES string of the molecule is CCOC(=O)c1c(C(C)C)n[nH]c1/N=N/c1c(O)n(C)n(C)c1=O. The smallest absolute Gasteiger partial charge is 0.343 e. The van der Waals surface area contributed by atoms with Gasteiger partial charge < -0.3 is 9.84 Å². The Bertz CT molecular complexity index is 842. The molecule has 2 N–H and O–H groups in total. The molecule has 0 aromatic carbocycles. The van der Waals surface area contributed by atoms with E-state index in [4.69, 9.17) is 4.74 Å². The van der Waals surface area contributed by atoms with E-state index in [-0.39, 0.29) is 35.5 Å². The van der Waals surface area contributed by atoms with E-state index in [2.05, 4.69) is 20.4 Å². The number of H-pyrrole nitrogens is 1. The highest BCUT2D eigenvalue weighted by atomic mass is 16.5. The summed E-state index contributed by atoms with van der Waals surface area (Å²) in [6.45, 7) is 5.65. The average Bonchev–Trinajstić information content (AvgIpc) is 3.03. The second-order valence-corrected chi connectivity index (χ2v) is 5.43. The summed E-state index contributed by atoms with van der Waals surface area (Å²) in [4.78, 5) is 24.1. The largest absolute Gasteiger partial charge is 0.492 e. The molecule has 0 unspecified atom stereocenters. The van der Waals surface area contributed by atoms with E-state index >= 15 is 0 Å². The number of azo groups is 1. The Morgan fingerprint density at radius 2 is 2.00 bits per heavy atom. The number of nitrogens with one attached hydrogen (secondary N) is 1. The summed E-state index contributed by atoms with van der Waals surface area (Å²) in [5.41, 5.74) is -0.0778. The van der Waals surface area contributed by atoms with Crippen LogP contribution in [0.5, 0.6) is 5.88 Å². The van der Waals surface area contributed by atoms with Crippen molar-refractivity contribution in [1.29, 1.82) is 0 Å². The fraction of sp³-hybridized carbons (Fsp3) is 0.500. The van der Waals surface area contributed by atoms with Gasteiger partial charge in [0, 0.05) is 14.1 Å². The number of aromatic hydroxyl groups is 1. The van der Waals surface area contributed by atoms with Crippen molar-refractivity contribution in [3.63, 3.8) is 0 Å². The topological polar surface area (TPSA) is 127 Å². The summed E-state index contributed by atoms with van der Waals surface area (Å²) in [7, 11) is 2.99. The van der Waals surface area contributed by atoms with Gasteiger partial charge in [-0.2, -0.15) is 5.10 Å². The van der Waals surface area contributed by atoms with Crippen LogP contribution in [0.4, 0.5) is 11.5 Å². The number of hydrogen-bond donors (Lipinski definition) is 2. The minimum atomic E-state index is -0.575. The van der Waals surface area contributed by atoms with E-state index in [1.165, 1.54) is 23.5 Å². The van der Waals surface area contributed by atoms with Gasteiger partial charge >= 0.3 is 5.97 Å². The standard InChI is InChI=1S/C14H20N6O4/c1-6-24-14(23)8-9(7(2)3)15-17-11(8)18-16-10-12(21)19(4)20(5)13(10)22/h7,21H,6H2,1-5H3,(H,15,17)/b18-16+. The molecule has 0 saturated carbocycles. The highest BCUT2D eigenvalue weighted by molar-refractivity contribution is 5.95. The van der Waals surface area contributed by atoms with Crippen LogP contribution in [0, 0.1) is 0 Å². The van der Waals surface area contributed by atoms with Gasteiger partial charge in [-0.15, -0.1) is 10.2 Å². The van der Waals surface area contributed by atoms with Crippen molar-refractivity contribution < 1.29 is 14.6 Å². The second kappa shape index (κ2) is 6.69. The maximum atomic E-state index is 12.2. The van der Waals surface area contributed by atoms with E-state index in [0.717, 1.165) is 0 Å². The van der Waals surface area contributed by atoms with E-state index in [0.29, 0.717) is 5.69 Å². The fourth-order valence-electron chi connectivity index (χ4n) is 2.11. The molecule has 0 atom stereocenters. The summed E-state index contributed by atoms with van der Waals surface area (Å²) < 4.78 is 7.44. The number of aromatic amines is 1. The quantitative estimate of drug-likeness (QED) is 0.636. The van der Waals surface area contributed by atoms with Crippen molar-refractivity contribution in [2.45, 2.75) is 26.7 Å². The Hall–Kier alpha value is -2.91. The van der Waals surface area contributed by atoms with Crippen molar-refractivity contribution >= 4 is 17.5 Å². The Kier molecular flexibility index (Phi) is 4.86. The first-order chi connectivity index (χ1) is 11.3. The lowest BCUT2D eigenvalue weighted by Crippen LogP contribution is -2.16. The lowest BCUT2D eigenvalue weighted by molar-refractivity contribution is 0.0525. The van der Waals surface area contributed by atoms with Crippen molar-refractivity contribution in [3.8, 4) is 5.88 Å². The van der Waals surface area contributed by atoms with Crippen LogP contribution in [0.15, 0.2) is 15.0 Å². The number of rotatable bonds is 5. The molecule has 0 spiro atoms. The van der Waals surface area contributed by atoms with Crippen LogP contribution < -0.4 is 5.56 Å². The second-order valence-electron chi connectivity index (χ2n) is 5.43. The molecule has 0 radical (unpaired) electrons. The molecule has 2 aromatic rings. The third-order valence-electron chi connectivity index (χ3n) is 3.52. The van der Waals surface area contributed by atoms with Gasteiger partial charge in [0.25, 0.3) is 5.56 Å². The highest BCUT2D eigenvalue weighted by Crippen LogP contribution is 2.29. The Balaban J connectivity index is 2.49. The van der Waals surface area contributed by atoms with Gasteiger partial charge in [0.05, 0.1) is 12.3 Å². The van der Waals surface area contributed by atoms with E-state index < -0.39 is 11.5 Å². The van der Waals surface area contributed by atoms with Crippen LogP contribution in [0.1, 0.15) is 42.7 Å². The average molecular weight is 336 g/mol. The van der Waals surface area contributed by atoms with Crippen molar-refractivity contribution in [2.75, 3.05) is 6.61 Å². The van der Waals surface area contributed by atoms with Crippen molar-refractivity contribution in [2.24, 2.45) is 24.3 Å². The molecule has 0 amide bonds. The first-order valence-corrected chi connectivity index (χ1v) is 7.41. The zero-order valence-electron chi connectivity index (χ0n) is 14.2. The Morgan fingerprint density at radius 3 is 2.50 bits per heavy atom. The number of aromatic nitrogens is 4. The van der Waals surface area contributed by atoms with Gasteiger partial charge in [0.15, 0.2) is 5.82 Å². The van der Waals surface area contributed by atoms with Crippen LogP contribution in [0.25, 0.3) is 0 Å². The van der Waals surface area contributed by atoms with Gasteiger partial charge in [-0.3, -0.25) is 14.6 Å². The lowest BCUT2D eigenvalue weighted by Gasteiger charge is -2.05. The van der Waals surface area contributed by atoms with Crippen LogP contribution in [-0.2, 0) is 18.8 Å². The summed E-state index contributed by atoms with van der Waals surface area (Å²) >= 11 is 0. The zero-order chi connectivity index (χ0) is 18.0. The lowest BCUT2D eigenvalue weighted by atomic mass is 10.1. The van der Waals surface area contributed by atoms with Crippen molar-refractivity contribution in [3.05, 3.63) is 21.6 Å². The molecule has 2 heterocycles. The molecule has 10 nitrogen and oxygen atoms in total. The number of nitrogens with zero attached hydrogens (tertiary/aromatic N) is 5. The maximum absolute atomic E-state index is 12.2. The summed E-state index contributed by atoms with van der Waals surface area (Å²) in [6.07, 6.45) is 0. The van der Waals surface area contributed by atoms with Gasteiger partial charge in [-0.05, 0) is 12.8 Å². The van der Waals surface area contributed by atoms with E-state index in [1.807, 2.05) is 13.8 Å². The first kappa shape index (κ1) is 17.4. The van der Waals surface area contributed by atoms with Gasteiger partial charge in [-0.1, -0.05) is 13.8 Å². The molecule has 0 fully saturated rings. The molecule has 130 valence electrons. The molecule has 2 rings (SSSR count). The Labute approximate surface area is 137 Å². The normalized spacial score (nSPS) is 11.6. The fourth-order valence-corrected chi connectivity index (χ4v) is 2.11. The molecular formula is C14H20N6O4. The minimum absolute atomic E-state index is 0.0393. The van der Waals surface area contributed by atoms with Crippen LogP contribution in [-0.4, -0.2) is 37.2 Å². The number of carbonyl (C=O) groups excluding carboxylic acids is 1. The van der Waals surface area contributed by atoms with E-state index in [9.17, 15) is 14.7 Å². The molecule has 0 saturated heterocycles. The molecule has 2 aromatic heterocycles. The zero-order valence-corrected chi connectivity index (χ0v) is 14.2. The molecule has 10 heteroatoms. The van der Waals surface area contributed by atoms with Crippen LogP contribution in [0.3, 0.4) is 0 Å². The van der Waals surface area contributed by atoms with Gasteiger partial charge in [0.1, 0.15) is 5.56 Å². The predicted octanol–water partition coefficient (Wildman–Crippen LogP) is 1.87. The minimum Gasteiger partial charge on any atom is -0.492 e. The van der Waals surface area contributed by atoms with Gasteiger partial charge in [-0.25, -0.2) is 9.48 Å². The number of hydrogen-bond acceptors (Lipinski definition) is 7. The molecular weight excluding hydrogens is 316 g/mol. The van der Waals surface area contributed by atoms with Gasteiger partial charge in [0.2, 0.25) is 11.6 Å². The molecule has 0 aliphatic heterocycles. The first-order valence-electron chi connectivity index (χ1n) is 7.41. The molecule has 0 aliphatic carbocycles. The molecule has 0 bridgehead atoms. The monoisotopic (exact) mass is 336 g/mol. The van der Waals surface area contributed by atoms with Crippen molar-refractivity contribution in [1.82, 2.24) is 19.6 Å². The summed E-state index contributed by atoms with van der Waals surface area (Å²) in [5.74, 6) is -0.869. The number of esters is 1. The maximum Gasteiger partial charge on any atom is 0.343 e. The molecule has 24 heavy (non-hydrogen) atoms. The number of ether oxygens (including phenoxy) is 1. The molecule has 0 aliphatic rings.